The van der Waals surface area contributed by atoms with Crippen LogP contribution in [-0.4, -0.2) is 32.8 Å². The van der Waals surface area contributed by atoms with Gasteiger partial charge in [0, 0.05) is 30.9 Å². The van der Waals surface area contributed by atoms with Gasteiger partial charge < -0.3 is 14.7 Å². The molecule has 3 heterocycles. The molecule has 6 nitrogen and oxygen atoms in total. The minimum absolute atomic E-state index is 0.0255. The van der Waals surface area contributed by atoms with Crippen molar-refractivity contribution in [3.63, 3.8) is 0 Å². The summed E-state index contributed by atoms with van der Waals surface area (Å²) < 4.78 is 19.3. The molecule has 2 aliphatic heterocycles. The van der Waals surface area contributed by atoms with Gasteiger partial charge in [0.2, 0.25) is 0 Å². The maximum Gasteiger partial charge on any atom is 0.295 e. The smallest absolute Gasteiger partial charge is 0.295 e. The van der Waals surface area contributed by atoms with Gasteiger partial charge in [-0.1, -0.05) is 18.2 Å². The summed E-state index contributed by atoms with van der Waals surface area (Å²) in [6.45, 7) is 2.07. The highest BCUT2D eigenvalue weighted by Gasteiger charge is 2.46. The van der Waals surface area contributed by atoms with E-state index in [2.05, 4.69) is 4.98 Å². The number of likely N-dealkylation sites (tertiary alicyclic amines) is 1. The number of amides is 1. The number of rotatable bonds is 4. The van der Waals surface area contributed by atoms with Gasteiger partial charge in [0.05, 0.1) is 11.6 Å². The topological polar surface area (TPSA) is 79.7 Å². The molecule has 0 spiro atoms. The molecule has 3 aromatic rings. The van der Waals surface area contributed by atoms with Crippen LogP contribution in [0.3, 0.4) is 0 Å². The molecule has 1 N–H and O–H groups in total. The monoisotopic (exact) mass is 444 g/mol. The predicted molar refractivity (Wildman–Crippen MR) is 119 cm³/mol. The number of hydrogen-bond acceptors (Lipinski definition) is 5. The third kappa shape index (κ3) is 3.75. The molecule has 0 bridgehead atoms. The first-order chi connectivity index (χ1) is 15.9. The van der Waals surface area contributed by atoms with Crippen LogP contribution in [0, 0.1) is 5.82 Å². The Balaban J connectivity index is 1.62. The van der Waals surface area contributed by atoms with Gasteiger partial charge in [-0.05, 0) is 60.0 Å². The van der Waals surface area contributed by atoms with Crippen molar-refractivity contribution in [2.75, 3.05) is 0 Å². The number of ketones is 1. The zero-order valence-corrected chi connectivity index (χ0v) is 17.9. The Kier molecular flexibility index (Phi) is 5.17. The minimum atomic E-state index is -0.866. The lowest BCUT2D eigenvalue weighted by atomic mass is 9.94. The molecule has 0 saturated carbocycles. The Labute approximate surface area is 190 Å². The van der Waals surface area contributed by atoms with E-state index in [1.54, 1.807) is 42.7 Å². The van der Waals surface area contributed by atoms with E-state index < -0.39 is 23.5 Å². The van der Waals surface area contributed by atoms with Crippen LogP contribution in [0.15, 0.2) is 72.6 Å². The highest BCUT2D eigenvalue weighted by atomic mass is 19.1. The summed E-state index contributed by atoms with van der Waals surface area (Å²) in [5.41, 5.74) is 2.59. The highest BCUT2D eigenvalue weighted by Crippen LogP contribution is 2.41. The molecule has 1 fully saturated rings. The van der Waals surface area contributed by atoms with Crippen LogP contribution in [0.4, 0.5) is 4.39 Å². The first-order valence-electron chi connectivity index (χ1n) is 10.6. The number of fused-ring (bicyclic) bond motifs is 1. The van der Waals surface area contributed by atoms with E-state index in [0.29, 0.717) is 17.5 Å². The Morgan fingerprint density at radius 1 is 1.18 bits per heavy atom. The number of benzene rings is 2. The molecule has 2 aliphatic rings. The van der Waals surface area contributed by atoms with Crippen molar-refractivity contribution in [3.8, 4) is 5.75 Å². The van der Waals surface area contributed by atoms with Crippen LogP contribution in [0.5, 0.6) is 5.75 Å². The number of aliphatic hydroxyl groups excluding tert-OH is 1. The van der Waals surface area contributed by atoms with E-state index in [4.69, 9.17) is 4.74 Å². The summed E-state index contributed by atoms with van der Waals surface area (Å²) in [7, 11) is 0. The van der Waals surface area contributed by atoms with Crippen LogP contribution in [-0.2, 0) is 22.6 Å². The number of halogens is 1. The first kappa shape index (κ1) is 20.9. The SMILES string of the molecule is CC1Cc2cc(C(O)=C3C(=O)C(=O)N(Cc4cccnc4)C3c3ccc(F)cc3)ccc2O1. The largest absolute Gasteiger partial charge is 0.507 e. The van der Waals surface area contributed by atoms with Crippen LogP contribution in [0.25, 0.3) is 5.76 Å². The summed E-state index contributed by atoms with van der Waals surface area (Å²) in [6.07, 6.45) is 3.95. The van der Waals surface area contributed by atoms with E-state index in [9.17, 15) is 19.1 Å². The van der Waals surface area contributed by atoms with Crippen molar-refractivity contribution in [1.29, 1.82) is 0 Å². The molecule has 5 rings (SSSR count). The molecule has 0 aliphatic carbocycles. The van der Waals surface area contributed by atoms with E-state index >= 15 is 0 Å². The van der Waals surface area contributed by atoms with Crippen LogP contribution >= 0.6 is 0 Å². The lowest BCUT2D eigenvalue weighted by Gasteiger charge is -2.25. The molecule has 33 heavy (non-hydrogen) atoms. The van der Waals surface area contributed by atoms with Crippen molar-refractivity contribution in [2.45, 2.75) is 32.0 Å². The first-order valence-corrected chi connectivity index (χ1v) is 10.6. The number of pyridine rings is 1. The maximum absolute atomic E-state index is 13.6. The van der Waals surface area contributed by atoms with Gasteiger partial charge >= 0.3 is 0 Å². The fraction of sp³-hybridized carbons (Fsp3) is 0.192. The standard InChI is InChI=1S/C26H21FN2O4/c1-15-11-19-12-18(6-9-21(19)33-15)24(30)22-23(17-4-7-20(27)8-5-17)29(26(32)25(22)31)14-16-3-2-10-28-13-16/h2-10,12-13,15,23,30H,11,14H2,1H3. The molecular weight excluding hydrogens is 423 g/mol. The van der Waals surface area contributed by atoms with Gasteiger partial charge in [-0.3, -0.25) is 14.6 Å². The minimum Gasteiger partial charge on any atom is -0.507 e. The molecule has 7 heteroatoms. The Bertz CT molecular complexity index is 1270. The van der Waals surface area contributed by atoms with E-state index in [-0.39, 0.29) is 24.0 Å². The summed E-state index contributed by atoms with van der Waals surface area (Å²) in [5.74, 6) is -1.47. The summed E-state index contributed by atoms with van der Waals surface area (Å²) in [6, 6.07) is 13.5. The molecule has 1 amide bonds. The molecule has 1 aromatic heterocycles. The quantitative estimate of drug-likeness (QED) is 0.371. The fourth-order valence-electron chi connectivity index (χ4n) is 4.45. The number of ether oxygens (including phenoxy) is 1. The van der Waals surface area contributed by atoms with Gasteiger partial charge in [0.25, 0.3) is 11.7 Å². The molecular formula is C26H21FN2O4. The number of carbonyl (C=O) groups excluding carboxylic acids is 2. The number of nitrogens with zero attached hydrogens (tertiary/aromatic N) is 2. The fourth-order valence-corrected chi connectivity index (χ4v) is 4.45. The van der Waals surface area contributed by atoms with Crippen molar-refractivity contribution >= 4 is 17.4 Å². The maximum atomic E-state index is 13.6. The summed E-state index contributed by atoms with van der Waals surface area (Å²) in [5, 5.41) is 11.2. The number of carbonyl (C=O) groups is 2. The molecule has 2 atom stereocenters. The van der Waals surface area contributed by atoms with Crippen molar-refractivity contribution < 1.29 is 23.8 Å². The zero-order chi connectivity index (χ0) is 23.1. The number of hydrogen-bond donors (Lipinski definition) is 1. The third-order valence-electron chi connectivity index (χ3n) is 5.97. The Hall–Kier alpha value is -4.00. The molecule has 2 aromatic carbocycles. The second-order valence-electron chi connectivity index (χ2n) is 8.29. The molecule has 2 unspecified atom stereocenters. The number of Topliss-reactive ketones (excluding diaryl/α,β-unsaturated/α-hetero) is 1. The van der Waals surface area contributed by atoms with Gasteiger partial charge in [-0.2, -0.15) is 0 Å². The lowest BCUT2D eigenvalue weighted by Crippen LogP contribution is -2.29. The average Bonchev–Trinajstić information content (AvgIpc) is 3.31. The van der Waals surface area contributed by atoms with Crippen LogP contribution in [0.1, 0.15) is 35.2 Å². The van der Waals surface area contributed by atoms with E-state index in [0.717, 1.165) is 16.9 Å². The van der Waals surface area contributed by atoms with Gasteiger partial charge in [0.1, 0.15) is 23.4 Å². The van der Waals surface area contributed by atoms with Crippen LogP contribution in [0.2, 0.25) is 0 Å². The number of aliphatic hydroxyl groups is 1. The molecule has 166 valence electrons. The number of aromatic nitrogens is 1. The van der Waals surface area contributed by atoms with Crippen molar-refractivity contribution in [2.24, 2.45) is 0 Å². The normalized spacial score (nSPS) is 21.2. The summed E-state index contributed by atoms with van der Waals surface area (Å²) >= 11 is 0. The zero-order valence-electron chi connectivity index (χ0n) is 17.9. The lowest BCUT2D eigenvalue weighted by molar-refractivity contribution is -0.140. The second-order valence-corrected chi connectivity index (χ2v) is 8.29. The third-order valence-corrected chi connectivity index (χ3v) is 5.97. The Morgan fingerprint density at radius 2 is 1.97 bits per heavy atom. The summed E-state index contributed by atoms with van der Waals surface area (Å²) in [4.78, 5) is 31.6. The van der Waals surface area contributed by atoms with Gasteiger partial charge in [0.15, 0.2) is 0 Å². The average molecular weight is 444 g/mol. The van der Waals surface area contributed by atoms with Crippen molar-refractivity contribution in [3.05, 3.63) is 101 Å². The van der Waals surface area contributed by atoms with Gasteiger partial charge in [-0.25, -0.2) is 4.39 Å². The Morgan fingerprint density at radius 3 is 2.70 bits per heavy atom. The van der Waals surface area contributed by atoms with Gasteiger partial charge in [-0.15, -0.1) is 0 Å². The molecule has 1 saturated heterocycles. The molecule has 0 radical (unpaired) electrons. The highest BCUT2D eigenvalue weighted by molar-refractivity contribution is 6.46. The van der Waals surface area contributed by atoms with E-state index in [1.807, 2.05) is 6.92 Å². The van der Waals surface area contributed by atoms with Crippen LogP contribution < -0.4 is 4.74 Å². The second kappa shape index (κ2) is 8.16. The van der Waals surface area contributed by atoms with Crippen molar-refractivity contribution in [1.82, 2.24) is 9.88 Å². The van der Waals surface area contributed by atoms with E-state index in [1.165, 1.54) is 29.2 Å². The predicted octanol–water partition coefficient (Wildman–Crippen LogP) is 4.17.